The molecule has 0 aliphatic carbocycles. The molecule has 3 rings (SSSR count). The number of benzene rings is 2. The molecule has 2 aromatic carbocycles. The van der Waals surface area contributed by atoms with E-state index in [1.807, 2.05) is 32.0 Å². The Labute approximate surface area is 173 Å². The first-order valence-electron chi connectivity index (χ1n) is 9.27. The molecule has 0 bridgehead atoms. The number of carbonyl (C=O) groups is 3. The topological polar surface area (TPSA) is 111 Å². The maximum absolute atomic E-state index is 12.9. The van der Waals surface area contributed by atoms with Crippen LogP contribution in [-0.2, 0) is 4.79 Å². The Morgan fingerprint density at radius 2 is 1.67 bits per heavy atom. The number of hydrazone groups is 1. The molecule has 3 N–H and O–H groups in total. The summed E-state index contributed by atoms with van der Waals surface area (Å²) in [6.07, 6.45) is 0. The number of carbonyl (C=O) groups excluding carboxylic acids is 2. The number of carboxylic acid groups (broad SMARTS) is 1. The van der Waals surface area contributed by atoms with Crippen LogP contribution in [0.5, 0.6) is 0 Å². The van der Waals surface area contributed by atoms with E-state index in [-0.39, 0.29) is 17.0 Å². The number of nitrogens with zero attached hydrogens (tertiary/aromatic N) is 2. The predicted molar refractivity (Wildman–Crippen MR) is 113 cm³/mol. The number of aromatic carboxylic acids is 1. The van der Waals surface area contributed by atoms with Gasteiger partial charge >= 0.3 is 5.97 Å². The minimum atomic E-state index is -1.12. The SMILES string of the molecule is CC1=NN(c2ccc(C)c(C)c2)C(=O)C1=C(C)NNC(=O)c1cccc(C(=O)O)c1. The Hall–Kier alpha value is -3.94. The monoisotopic (exact) mass is 406 g/mol. The zero-order chi connectivity index (χ0) is 22.0. The van der Waals surface area contributed by atoms with Crippen molar-refractivity contribution in [1.29, 1.82) is 0 Å². The van der Waals surface area contributed by atoms with Crippen LogP contribution in [0.3, 0.4) is 0 Å². The number of anilines is 1. The van der Waals surface area contributed by atoms with E-state index < -0.39 is 11.9 Å². The summed E-state index contributed by atoms with van der Waals surface area (Å²) in [5, 5.41) is 14.7. The van der Waals surface area contributed by atoms with Crippen molar-refractivity contribution in [3.63, 3.8) is 0 Å². The van der Waals surface area contributed by atoms with Crippen LogP contribution in [0.25, 0.3) is 0 Å². The molecule has 0 spiro atoms. The molecule has 0 radical (unpaired) electrons. The number of hydrogen-bond acceptors (Lipinski definition) is 5. The van der Waals surface area contributed by atoms with Crippen LogP contribution in [0.2, 0.25) is 0 Å². The predicted octanol–water partition coefficient (Wildman–Crippen LogP) is 2.93. The minimum Gasteiger partial charge on any atom is -0.478 e. The van der Waals surface area contributed by atoms with Gasteiger partial charge in [0, 0.05) is 11.3 Å². The first-order valence-corrected chi connectivity index (χ1v) is 9.27. The van der Waals surface area contributed by atoms with Crippen LogP contribution in [0.15, 0.2) is 58.8 Å². The lowest BCUT2D eigenvalue weighted by Crippen LogP contribution is -2.38. The third kappa shape index (κ3) is 4.07. The molecule has 1 heterocycles. The van der Waals surface area contributed by atoms with E-state index in [9.17, 15) is 14.4 Å². The molecule has 154 valence electrons. The Bertz CT molecular complexity index is 1120. The fourth-order valence-electron chi connectivity index (χ4n) is 3.05. The number of allylic oxidation sites excluding steroid dienone is 1. The van der Waals surface area contributed by atoms with E-state index in [0.717, 1.165) is 11.1 Å². The summed E-state index contributed by atoms with van der Waals surface area (Å²) in [7, 11) is 0. The summed E-state index contributed by atoms with van der Waals surface area (Å²) in [6.45, 7) is 7.34. The number of rotatable bonds is 5. The second-order valence-electron chi connectivity index (χ2n) is 7.04. The van der Waals surface area contributed by atoms with Crippen molar-refractivity contribution < 1.29 is 19.5 Å². The Balaban J connectivity index is 1.76. The largest absolute Gasteiger partial charge is 0.478 e. The van der Waals surface area contributed by atoms with E-state index in [4.69, 9.17) is 5.11 Å². The fourth-order valence-corrected chi connectivity index (χ4v) is 3.05. The summed E-state index contributed by atoms with van der Waals surface area (Å²) in [4.78, 5) is 36.3. The summed E-state index contributed by atoms with van der Waals surface area (Å²) in [5.74, 6) is -1.95. The highest BCUT2D eigenvalue weighted by Crippen LogP contribution is 2.26. The standard InChI is InChI=1S/C22H22N4O4/c1-12-8-9-18(10-13(12)2)26-21(28)19(15(4)25-26)14(3)23-24-20(27)16-6-5-7-17(11-16)22(29)30/h5-11,23H,1-4H3,(H,24,27)(H,29,30). The molecular weight excluding hydrogens is 384 g/mol. The van der Waals surface area contributed by atoms with Crippen LogP contribution in [0.1, 0.15) is 45.7 Å². The molecule has 2 amide bonds. The van der Waals surface area contributed by atoms with Crippen molar-refractivity contribution in [1.82, 2.24) is 10.9 Å². The molecule has 1 aliphatic heterocycles. The smallest absolute Gasteiger partial charge is 0.335 e. The molecule has 30 heavy (non-hydrogen) atoms. The first kappa shape index (κ1) is 20.8. The highest BCUT2D eigenvalue weighted by atomic mass is 16.4. The zero-order valence-electron chi connectivity index (χ0n) is 17.1. The summed E-state index contributed by atoms with van der Waals surface area (Å²) >= 11 is 0. The number of hydrazine groups is 1. The van der Waals surface area contributed by atoms with Gasteiger partial charge in [-0.05, 0) is 69.2 Å². The average molecular weight is 406 g/mol. The summed E-state index contributed by atoms with van der Waals surface area (Å²) in [6, 6.07) is 11.3. The van der Waals surface area contributed by atoms with Gasteiger partial charge in [0.2, 0.25) is 0 Å². The Morgan fingerprint density at radius 1 is 0.967 bits per heavy atom. The van der Waals surface area contributed by atoms with Crippen LogP contribution in [0, 0.1) is 13.8 Å². The van der Waals surface area contributed by atoms with Crippen molar-refractivity contribution in [2.24, 2.45) is 5.10 Å². The minimum absolute atomic E-state index is 0.00991. The van der Waals surface area contributed by atoms with Gasteiger partial charge in [0.1, 0.15) is 0 Å². The lowest BCUT2D eigenvalue weighted by molar-refractivity contribution is -0.114. The molecule has 1 aliphatic rings. The fraction of sp³-hybridized carbons (Fsp3) is 0.182. The summed E-state index contributed by atoms with van der Waals surface area (Å²) < 4.78 is 0. The number of amides is 2. The van der Waals surface area contributed by atoms with Gasteiger partial charge in [0.25, 0.3) is 11.8 Å². The second kappa shape index (κ2) is 8.20. The van der Waals surface area contributed by atoms with Gasteiger partial charge in [-0.25, -0.2) is 4.79 Å². The molecular formula is C22H22N4O4. The third-order valence-electron chi connectivity index (χ3n) is 4.86. The van der Waals surface area contributed by atoms with Crippen LogP contribution in [-0.4, -0.2) is 28.6 Å². The van der Waals surface area contributed by atoms with E-state index in [2.05, 4.69) is 16.0 Å². The maximum atomic E-state index is 12.9. The average Bonchev–Trinajstić information content (AvgIpc) is 3.02. The third-order valence-corrected chi connectivity index (χ3v) is 4.86. The van der Waals surface area contributed by atoms with Crippen molar-refractivity contribution in [3.05, 3.63) is 76.0 Å². The van der Waals surface area contributed by atoms with Crippen molar-refractivity contribution in [3.8, 4) is 0 Å². The number of aryl methyl sites for hydroxylation is 2. The van der Waals surface area contributed by atoms with Gasteiger partial charge in [-0.1, -0.05) is 12.1 Å². The van der Waals surface area contributed by atoms with E-state index in [1.165, 1.54) is 29.3 Å². The van der Waals surface area contributed by atoms with Crippen molar-refractivity contribution >= 4 is 29.2 Å². The molecule has 0 saturated carbocycles. The summed E-state index contributed by atoms with van der Waals surface area (Å²) in [5.41, 5.74) is 9.55. The molecule has 0 atom stereocenters. The quantitative estimate of drug-likeness (QED) is 0.522. The van der Waals surface area contributed by atoms with Crippen molar-refractivity contribution in [2.75, 3.05) is 5.01 Å². The van der Waals surface area contributed by atoms with Crippen LogP contribution in [0.4, 0.5) is 5.69 Å². The highest BCUT2D eigenvalue weighted by molar-refractivity contribution is 6.30. The van der Waals surface area contributed by atoms with Gasteiger partial charge in [-0.2, -0.15) is 10.1 Å². The van der Waals surface area contributed by atoms with Gasteiger partial charge in [0.15, 0.2) is 0 Å². The molecule has 0 unspecified atom stereocenters. The number of nitrogens with one attached hydrogen (secondary N) is 2. The van der Waals surface area contributed by atoms with E-state index in [0.29, 0.717) is 22.7 Å². The molecule has 2 aromatic rings. The Morgan fingerprint density at radius 3 is 2.33 bits per heavy atom. The number of carboxylic acids is 1. The maximum Gasteiger partial charge on any atom is 0.335 e. The number of hydrogen-bond donors (Lipinski definition) is 3. The first-order chi connectivity index (χ1) is 14.2. The molecule has 8 heteroatoms. The normalized spacial score (nSPS) is 15.0. The van der Waals surface area contributed by atoms with Crippen LogP contribution < -0.4 is 15.9 Å². The zero-order valence-corrected chi connectivity index (χ0v) is 17.1. The van der Waals surface area contributed by atoms with Gasteiger partial charge in [-0.3, -0.25) is 15.0 Å². The van der Waals surface area contributed by atoms with Gasteiger partial charge < -0.3 is 10.5 Å². The molecule has 8 nitrogen and oxygen atoms in total. The second-order valence-corrected chi connectivity index (χ2v) is 7.04. The molecule has 0 fully saturated rings. The molecule has 0 saturated heterocycles. The molecule has 0 aromatic heterocycles. The van der Waals surface area contributed by atoms with Crippen LogP contribution >= 0.6 is 0 Å². The van der Waals surface area contributed by atoms with Gasteiger partial charge in [-0.15, -0.1) is 0 Å². The lowest BCUT2D eigenvalue weighted by Gasteiger charge is -2.15. The van der Waals surface area contributed by atoms with Gasteiger partial charge in [0.05, 0.1) is 22.5 Å². The van der Waals surface area contributed by atoms with E-state index >= 15 is 0 Å². The lowest BCUT2D eigenvalue weighted by atomic mass is 10.1. The highest BCUT2D eigenvalue weighted by Gasteiger charge is 2.31. The van der Waals surface area contributed by atoms with E-state index in [1.54, 1.807) is 13.8 Å². The Kier molecular flexibility index (Phi) is 5.68. The van der Waals surface area contributed by atoms with Crippen molar-refractivity contribution in [2.45, 2.75) is 27.7 Å².